The maximum Gasteiger partial charge on any atom is 0.272 e. The smallest absolute Gasteiger partial charge is 0.272 e. The number of aromatic nitrogens is 2. The molecule has 8 nitrogen and oxygen atoms in total. The van der Waals surface area contributed by atoms with E-state index in [2.05, 4.69) is 15.5 Å². The van der Waals surface area contributed by atoms with E-state index in [4.69, 9.17) is 4.74 Å². The van der Waals surface area contributed by atoms with Gasteiger partial charge in [-0.1, -0.05) is 0 Å². The summed E-state index contributed by atoms with van der Waals surface area (Å²) in [6.07, 6.45) is 0. The van der Waals surface area contributed by atoms with Crippen LogP contribution in [0.15, 0.2) is 18.2 Å². The topological polar surface area (TPSA) is 110 Å². The van der Waals surface area contributed by atoms with Crippen molar-refractivity contribution in [3.63, 3.8) is 0 Å². The van der Waals surface area contributed by atoms with Crippen molar-refractivity contribution in [1.82, 2.24) is 15.5 Å². The van der Waals surface area contributed by atoms with Crippen LogP contribution in [0, 0.1) is 10.1 Å². The summed E-state index contributed by atoms with van der Waals surface area (Å²) in [6.45, 7) is 0.729. The standard InChI is InChI=1S/C11H12N4O4/c1-19-5-4-12-11(16)10-8-6-7(15(17)18)2-3-9(8)13-14-10/h2-3,6H,4-5H2,1H3,(H,12,16)(H,13,14). The van der Waals surface area contributed by atoms with Crippen LogP contribution in [-0.2, 0) is 4.74 Å². The van der Waals surface area contributed by atoms with E-state index in [1.807, 2.05) is 0 Å². The van der Waals surface area contributed by atoms with Crippen molar-refractivity contribution in [2.75, 3.05) is 20.3 Å². The lowest BCUT2D eigenvalue weighted by atomic mass is 10.2. The highest BCUT2D eigenvalue weighted by molar-refractivity contribution is 6.05. The molecule has 1 heterocycles. The maximum atomic E-state index is 11.9. The number of benzene rings is 1. The molecule has 1 aromatic heterocycles. The molecule has 1 aromatic carbocycles. The van der Waals surface area contributed by atoms with Crippen LogP contribution in [-0.4, -0.2) is 41.3 Å². The lowest BCUT2D eigenvalue weighted by Gasteiger charge is -2.01. The van der Waals surface area contributed by atoms with Crippen molar-refractivity contribution < 1.29 is 14.5 Å². The van der Waals surface area contributed by atoms with Gasteiger partial charge in [0.1, 0.15) is 0 Å². The van der Waals surface area contributed by atoms with Crippen LogP contribution in [0.2, 0.25) is 0 Å². The summed E-state index contributed by atoms with van der Waals surface area (Å²) in [5.41, 5.74) is 0.622. The summed E-state index contributed by atoms with van der Waals surface area (Å²) in [6, 6.07) is 4.20. The fourth-order valence-corrected chi connectivity index (χ4v) is 1.64. The summed E-state index contributed by atoms with van der Waals surface area (Å²) >= 11 is 0. The number of rotatable bonds is 5. The lowest BCUT2D eigenvalue weighted by molar-refractivity contribution is -0.384. The highest BCUT2D eigenvalue weighted by atomic mass is 16.6. The van der Waals surface area contributed by atoms with Crippen molar-refractivity contribution in [2.45, 2.75) is 0 Å². The molecule has 0 aliphatic heterocycles. The average Bonchev–Trinajstić information content (AvgIpc) is 2.81. The maximum absolute atomic E-state index is 11.9. The average molecular weight is 264 g/mol. The fraction of sp³-hybridized carbons (Fsp3) is 0.273. The first-order valence-electron chi connectivity index (χ1n) is 5.53. The summed E-state index contributed by atoms with van der Waals surface area (Å²) < 4.78 is 4.82. The third-order valence-electron chi connectivity index (χ3n) is 2.56. The molecule has 0 bridgehead atoms. The molecule has 0 aliphatic carbocycles. The van der Waals surface area contributed by atoms with E-state index >= 15 is 0 Å². The van der Waals surface area contributed by atoms with E-state index in [0.29, 0.717) is 24.1 Å². The molecule has 0 radical (unpaired) electrons. The Hall–Kier alpha value is -2.48. The molecule has 19 heavy (non-hydrogen) atoms. The van der Waals surface area contributed by atoms with Crippen LogP contribution in [0.25, 0.3) is 10.9 Å². The van der Waals surface area contributed by atoms with Gasteiger partial charge < -0.3 is 10.1 Å². The Balaban J connectivity index is 2.30. The van der Waals surface area contributed by atoms with Crippen molar-refractivity contribution in [1.29, 1.82) is 0 Å². The number of non-ortho nitro benzene ring substituents is 1. The summed E-state index contributed by atoms with van der Waals surface area (Å²) in [4.78, 5) is 22.1. The number of nitro groups is 1. The van der Waals surface area contributed by atoms with Crippen LogP contribution in [0.5, 0.6) is 0 Å². The van der Waals surface area contributed by atoms with Gasteiger partial charge in [0.25, 0.3) is 11.6 Å². The quantitative estimate of drug-likeness (QED) is 0.472. The number of nitrogens with one attached hydrogen (secondary N) is 2. The molecular weight excluding hydrogens is 252 g/mol. The Kier molecular flexibility index (Phi) is 3.71. The predicted octanol–water partition coefficient (Wildman–Crippen LogP) is 0.847. The van der Waals surface area contributed by atoms with Crippen LogP contribution < -0.4 is 5.32 Å². The number of fused-ring (bicyclic) bond motifs is 1. The van der Waals surface area contributed by atoms with Gasteiger partial charge in [0.15, 0.2) is 5.69 Å². The Bertz CT molecular complexity index is 622. The second-order valence-corrected chi connectivity index (χ2v) is 3.81. The number of methoxy groups -OCH3 is 1. The molecule has 0 atom stereocenters. The minimum Gasteiger partial charge on any atom is -0.383 e. The number of ether oxygens (including phenoxy) is 1. The van der Waals surface area contributed by atoms with Crippen molar-refractivity contribution in [3.05, 3.63) is 34.0 Å². The molecule has 0 spiro atoms. The number of carbonyl (C=O) groups is 1. The Morgan fingerprint density at radius 1 is 1.58 bits per heavy atom. The SMILES string of the molecule is COCCNC(=O)c1n[nH]c2ccc([N+](=O)[O-])cc12. The van der Waals surface area contributed by atoms with Crippen LogP contribution in [0.4, 0.5) is 5.69 Å². The van der Waals surface area contributed by atoms with Gasteiger partial charge >= 0.3 is 0 Å². The van der Waals surface area contributed by atoms with Crippen molar-refractivity contribution in [3.8, 4) is 0 Å². The molecular formula is C11H12N4O4. The number of hydrogen-bond donors (Lipinski definition) is 2. The minimum atomic E-state index is -0.515. The third-order valence-corrected chi connectivity index (χ3v) is 2.56. The van der Waals surface area contributed by atoms with Gasteiger partial charge in [-0.2, -0.15) is 5.10 Å². The van der Waals surface area contributed by atoms with Gasteiger partial charge in [-0.15, -0.1) is 0 Å². The number of nitro benzene ring substituents is 1. The fourth-order valence-electron chi connectivity index (χ4n) is 1.64. The minimum absolute atomic E-state index is 0.0835. The molecule has 0 aliphatic rings. The second kappa shape index (κ2) is 5.44. The highest BCUT2D eigenvalue weighted by Gasteiger charge is 2.16. The number of nitrogens with zero attached hydrogens (tertiary/aromatic N) is 2. The monoisotopic (exact) mass is 264 g/mol. The summed E-state index contributed by atoms with van der Waals surface area (Å²) in [5.74, 6) is -0.399. The lowest BCUT2D eigenvalue weighted by Crippen LogP contribution is -2.27. The van der Waals surface area contributed by atoms with E-state index in [9.17, 15) is 14.9 Å². The van der Waals surface area contributed by atoms with E-state index in [0.717, 1.165) is 0 Å². The Morgan fingerprint density at radius 2 is 2.37 bits per heavy atom. The van der Waals surface area contributed by atoms with Crippen LogP contribution in [0.1, 0.15) is 10.5 Å². The molecule has 1 amide bonds. The molecule has 2 rings (SSSR count). The van der Waals surface area contributed by atoms with Gasteiger partial charge in [-0.05, 0) is 6.07 Å². The van der Waals surface area contributed by atoms with Gasteiger partial charge in [-0.25, -0.2) is 0 Å². The number of hydrogen-bond acceptors (Lipinski definition) is 5. The first-order chi connectivity index (χ1) is 9.13. The molecule has 8 heteroatoms. The molecule has 0 saturated heterocycles. The largest absolute Gasteiger partial charge is 0.383 e. The highest BCUT2D eigenvalue weighted by Crippen LogP contribution is 2.21. The van der Waals surface area contributed by atoms with E-state index < -0.39 is 10.8 Å². The molecule has 100 valence electrons. The zero-order valence-corrected chi connectivity index (χ0v) is 10.2. The summed E-state index contributed by atoms with van der Waals surface area (Å²) in [7, 11) is 1.53. The van der Waals surface area contributed by atoms with Crippen molar-refractivity contribution in [2.24, 2.45) is 0 Å². The van der Waals surface area contributed by atoms with Gasteiger partial charge in [0.05, 0.1) is 17.0 Å². The van der Waals surface area contributed by atoms with E-state index in [1.165, 1.54) is 25.3 Å². The number of amides is 1. The molecule has 0 saturated carbocycles. The number of aromatic amines is 1. The third kappa shape index (κ3) is 2.68. The zero-order chi connectivity index (χ0) is 13.8. The second-order valence-electron chi connectivity index (χ2n) is 3.81. The van der Waals surface area contributed by atoms with E-state index in [-0.39, 0.29) is 11.4 Å². The molecule has 2 N–H and O–H groups in total. The van der Waals surface area contributed by atoms with Gasteiger partial charge in [-0.3, -0.25) is 20.0 Å². The molecule has 0 unspecified atom stereocenters. The van der Waals surface area contributed by atoms with Crippen molar-refractivity contribution >= 4 is 22.5 Å². The predicted molar refractivity (Wildman–Crippen MR) is 67.0 cm³/mol. The van der Waals surface area contributed by atoms with Gasteiger partial charge in [0.2, 0.25) is 0 Å². The van der Waals surface area contributed by atoms with E-state index in [1.54, 1.807) is 0 Å². The molecule has 0 fully saturated rings. The molecule has 2 aromatic rings. The first-order valence-corrected chi connectivity index (χ1v) is 5.53. The summed E-state index contributed by atoms with van der Waals surface area (Å²) in [5, 5.41) is 20.3. The number of H-pyrrole nitrogens is 1. The number of carbonyl (C=O) groups excluding carboxylic acids is 1. The normalized spacial score (nSPS) is 10.6. The Morgan fingerprint density at radius 3 is 3.05 bits per heavy atom. The first kappa shape index (κ1) is 13.0. The van der Waals surface area contributed by atoms with Crippen LogP contribution >= 0.6 is 0 Å². The van der Waals surface area contributed by atoms with Gasteiger partial charge in [0, 0.05) is 31.2 Å². The zero-order valence-electron chi connectivity index (χ0n) is 10.2. The Labute approximate surface area is 107 Å². The van der Waals surface area contributed by atoms with Crippen LogP contribution in [0.3, 0.4) is 0 Å².